The molecule has 0 spiro atoms. The summed E-state index contributed by atoms with van der Waals surface area (Å²) in [4.78, 5) is 18.9. The molecule has 4 nitrogen and oxygen atoms in total. The summed E-state index contributed by atoms with van der Waals surface area (Å²) in [6.07, 6.45) is 12.5. The maximum absolute atomic E-state index is 11.9. The van der Waals surface area contributed by atoms with E-state index in [1.54, 1.807) is 12.5 Å². The first-order valence-electron chi connectivity index (χ1n) is 7.18. The lowest BCUT2D eigenvalue weighted by Crippen LogP contribution is -2.31. The van der Waals surface area contributed by atoms with Gasteiger partial charge in [-0.1, -0.05) is 18.6 Å². The number of nitrogens with one attached hydrogen (secondary N) is 2. The summed E-state index contributed by atoms with van der Waals surface area (Å²) in [6, 6.07) is 0. The number of allylic oxidation sites excluding steroid dienone is 1. The van der Waals surface area contributed by atoms with Crippen molar-refractivity contribution in [3.8, 4) is 0 Å². The molecular weight excluding hydrogens is 238 g/mol. The zero-order chi connectivity index (χ0) is 13.5. The number of hydrogen-bond acceptors (Lipinski definition) is 2. The first-order chi connectivity index (χ1) is 9.25. The summed E-state index contributed by atoms with van der Waals surface area (Å²) < 4.78 is 0. The van der Waals surface area contributed by atoms with Gasteiger partial charge in [-0.05, 0) is 32.1 Å². The van der Waals surface area contributed by atoms with Crippen LogP contribution in [-0.2, 0) is 11.2 Å². The zero-order valence-electron chi connectivity index (χ0n) is 11.6. The maximum Gasteiger partial charge on any atom is 0.223 e. The third kappa shape index (κ3) is 4.54. The summed E-state index contributed by atoms with van der Waals surface area (Å²) in [6.45, 7) is 2.72. The highest BCUT2D eigenvalue weighted by molar-refractivity contribution is 5.78. The molecule has 2 N–H and O–H groups in total. The minimum absolute atomic E-state index is 0.0132. The first kappa shape index (κ1) is 13.8. The molecule has 1 aliphatic rings. The number of aromatic nitrogens is 2. The largest absolute Gasteiger partial charge is 0.356 e. The van der Waals surface area contributed by atoms with Crippen LogP contribution >= 0.6 is 0 Å². The van der Waals surface area contributed by atoms with E-state index in [4.69, 9.17) is 0 Å². The van der Waals surface area contributed by atoms with E-state index >= 15 is 0 Å². The lowest BCUT2D eigenvalue weighted by Gasteiger charge is -2.14. The number of nitrogens with zero attached hydrogens (tertiary/aromatic N) is 1. The molecular formula is C15H23N3O. The van der Waals surface area contributed by atoms with E-state index in [-0.39, 0.29) is 11.8 Å². The Morgan fingerprint density at radius 3 is 3.11 bits per heavy atom. The normalized spacial score (nSPS) is 16.8. The molecule has 1 atom stereocenters. The summed E-state index contributed by atoms with van der Waals surface area (Å²) in [7, 11) is 0. The molecule has 1 aliphatic carbocycles. The topological polar surface area (TPSA) is 57.8 Å². The van der Waals surface area contributed by atoms with Gasteiger partial charge in [0.05, 0.1) is 6.33 Å². The minimum Gasteiger partial charge on any atom is -0.356 e. The highest BCUT2D eigenvalue weighted by Crippen LogP contribution is 2.19. The van der Waals surface area contributed by atoms with Gasteiger partial charge in [-0.3, -0.25) is 4.79 Å². The number of amides is 1. The maximum atomic E-state index is 11.9. The van der Waals surface area contributed by atoms with Gasteiger partial charge in [-0.25, -0.2) is 4.98 Å². The molecule has 4 heteroatoms. The molecule has 0 radical (unpaired) electrons. The Labute approximate surface area is 114 Å². The molecule has 19 heavy (non-hydrogen) atoms. The molecule has 0 fully saturated rings. The van der Waals surface area contributed by atoms with Crippen LogP contribution < -0.4 is 5.32 Å². The van der Waals surface area contributed by atoms with Crippen molar-refractivity contribution in [2.24, 2.45) is 5.92 Å². The molecule has 2 rings (SSSR count). The van der Waals surface area contributed by atoms with Crippen LogP contribution in [0.5, 0.6) is 0 Å². The van der Waals surface area contributed by atoms with Crippen molar-refractivity contribution in [3.05, 3.63) is 29.9 Å². The Hall–Kier alpha value is -1.58. The average Bonchev–Trinajstić information content (AvgIpc) is 2.92. The van der Waals surface area contributed by atoms with E-state index in [9.17, 15) is 4.79 Å². The van der Waals surface area contributed by atoms with Gasteiger partial charge in [0.1, 0.15) is 0 Å². The lowest BCUT2D eigenvalue weighted by atomic mass is 9.97. The second kappa shape index (κ2) is 7.12. The predicted octanol–water partition coefficient (Wildman–Crippen LogP) is 2.60. The van der Waals surface area contributed by atoms with Gasteiger partial charge in [0.15, 0.2) is 0 Å². The third-order valence-corrected chi connectivity index (χ3v) is 3.66. The minimum atomic E-state index is -0.0132. The first-order valence-corrected chi connectivity index (χ1v) is 7.18. The Kier molecular flexibility index (Phi) is 5.19. The summed E-state index contributed by atoms with van der Waals surface area (Å²) in [5, 5.41) is 3.03. The molecule has 0 saturated heterocycles. The summed E-state index contributed by atoms with van der Waals surface area (Å²) in [5.41, 5.74) is 2.52. The van der Waals surface area contributed by atoms with Crippen molar-refractivity contribution in [1.29, 1.82) is 0 Å². The Balaban J connectivity index is 1.67. The number of H-pyrrole nitrogens is 1. The molecule has 1 aromatic heterocycles. The number of rotatable bonds is 6. The predicted molar refractivity (Wildman–Crippen MR) is 75.6 cm³/mol. The van der Waals surface area contributed by atoms with Gasteiger partial charge in [0.25, 0.3) is 0 Å². The highest BCUT2D eigenvalue weighted by Gasteiger charge is 2.14. The van der Waals surface area contributed by atoms with Gasteiger partial charge in [0, 0.05) is 30.8 Å². The van der Waals surface area contributed by atoms with Gasteiger partial charge in [-0.15, -0.1) is 0 Å². The smallest absolute Gasteiger partial charge is 0.223 e. The van der Waals surface area contributed by atoms with Crippen LogP contribution in [0.1, 0.15) is 44.7 Å². The molecule has 0 unspecified atom stereocenters. The number of imidazole rings is 1. The van der Waals surface area contributed by atoms with E-state index in [1.807, 2.05) is 6.92 Å². The highest BCUT2D eigenvalue weighted by atomic mass is 16.1. The number of hydrogen-bond donors (Lipinski definition) is 2. The molecule has 104 valence electrons. The van der Waals surface area contributed by atoms with Crippen molar-refractivity contribution in [1.82, 2.24) is 15.3 Å². The number of carbonyl (C=O) groups is 1. The summed E-state index contributed by atoms with van der Waals surface area (Å²) >= 11 is 0. The Bertz CT molecular complexity index is 423. The van der Waals surface area contributed by atoms with Gasteiger partial charge in [-0.2, -0.15) is 0 Å². The van der Waals surface area contributed by atoms with Crippen LogP contribution in [0, 0.1) is 5.92 Å². The van der Waals surface area contributed by atoms with Crippen molar-refractivity contribution in [2.45, 2.75) is 45.4 Å². The Morgan fingerprint density at radius 1 is 1.53 bits per heavy atom. The van der Waals surface area contributed by atoms with Gasteiger partial charge < -0.3 is 10.3 Å². The van der Waals surface area contributed by atoms with Crippen LogP contribution in [0.3, 0.4) is 0 Å². The molecule has 0 aliphatic heterocycles. The zero-order valence-corrected chi connectivity index (χ0v) is 11.6. The van der Waals surface area contributed by atoms with E-state index < -0.39 is 0 Å². The number of aromatic amines is 1. The van der Waals surface area contributed by atoms with Crippen LogP contribution in [-0.4, -0.2) is 22.4 Å². The van der Waals surface area contributed by atoms with Crippen molar-refractivity contribution in [3.63, 3.8) is 0 Å². The van der Waals surface area contributed by atoms with E-state index in [2.05, 4.69) is 21.4 Å². The van der Waals surface area contributed by atoms with E-state index in [1.165, 1.54) is 31.3 Å². The molecule has 1 amide bonds. The van der Waals surface area contributed by atoms with Crippen LogP contribution in [0.2, 0.25) is 0 Å². The molecule has 0 saturated carbocycles. The third-order valence-electron chi connectivity index (χ3n) is 3.66. The van der Waals surface area contributed by atoms with Crippen LogP contribution in [0.4, 0.5) is 0 Å². The monoisotopic (exact) mass is 261 g/mol. The van der Waals surface area contributed by atoms with Crippen molar-refractivity contribution < 1.29 is 4.79 Å². The molecule has 0 bridgehead atoms. The fraction of sp³-hybridized carbons (Fsp3) is 0.600. The second-order valence-electron chi connectivity index (χ2n) is 5.33. The van der Waals surface area contributed by atoms with E-state index in [0.29, 0.717) is 6.42 Å². The second-order valence-corrected chi connectivity index (χ2v) is 5.33. The fourth-order valence-corrected chi connectivity index (χ4v) is 2.47. The molecule has 1 aromatic rings. The molecule has 1 heterocycles. The van der Waals surface area contributed by atoms with Gasteiger partial charge >= 0.3 is 0 Å². The van der Waals surface area contributed by atoms with Crippen molar-refractivity contribution >= 4 is 5.91 Å². The van der Waals surface area contributed by atoms with Crippen LogP contribution in [0.25, 0.3) is 0 Å². The van der Waals surface area contributed by atoms with E-state index in [0.717, 1.165) is 18.7 Å². The van der Waals surface area contributed by atoms with Gasteiger partial charge in [0.2, 0.25) is 5.91 Å². The molecule has 0 aromatic carbocycles. The van der Waals surface area contributed by atoms with Crippen LogP contribution in [0.15, 0.2) is 24.2 Å². The Morgan fingerprint density at radius 2 is 2.42 bits per heavy atom. The SMILES string of the molecule is C[C@H](Cc1cnc[nH]1)C(=O)NCCC1=CCCCC1. The average molecular weight is 261 g/mol. The lowest BCUT2D eigenvalue weighted by molar-refractivity contribution is -0.124. The number of carbonyl (C=O) groups excluding carboxylic acids is 1. The fourth-order valence-electron chi connectivity index (χ4n) is 2.47. The van der Waals surface area contributed by atoms with Crippen molar-refractivity contribution in [2.75, 3.05) is 6.54 Å². The summed E-state index contributed by atoms with van der Waals surface area (Å²) in [5.74, 6) is 0.117. The quantitative estimate of drug-likeness (QED) is 0.773. The standard InChI is InChI=1S/C15H23N3O/c1-12(9-14-10-16-11-18-14)15(19)17-8-7-13-5-3-2-4-6-13/h5,10-12H,2-4,6-9H2,1H3,(H,16,18)(H,17,19)/t12-/m1/s1.